The van der Waals surface area contributed by atoms with Crippen molar-refractivity contribution in [3.63, 3.8) is 0 Å². The van der Waals surface area contributed by atoms with Crippen LogP contribution in [0.25, 0.3) is 0 Å². The number of hydrogen-bond donors (Lipinski definition) is 1. The Balaban J connectivity index is 2.20. The van der Waals surface area contributed by atoms with Crippen LogP contribution in [0.3, 0.4) is 0 Å². The summed E-state index contributed by atoms with van der Waals surface area (Å²) in [6.45, 7) is -3.60. The van der Waals surface area contributed by atoms with Crippen LogP contribution >= 0.6 is 27.7 Å². The number of urea groups is 1. The van der Waals surface area contributed by atoms with Gasteiger partial charge in [0.2, 0.25) is 5.88 Å². The Morgan fingerprint density at radius 3 is 2.17 bits per heavy atom. The predicted octanol–water partition coefficient (Wildman–Crippen LogP) is 5.31. The zero-order valence-corrected chi connectivity index (χ0v) is 16.7. The average molecular weight is 524 g/mol. The van der Waals surface area contributed by atoms with Crippen LogP contribution in [-0.2, 0) is 0 Å². The van der Waals surface area contributed by atoms with E-state index in [9.17, 15) is 31.1 Å². The molecule has 2 rings (SSSR count). The lowest BCUT2D eigenvalue weighted by Gasteiger charge is -2.16. The number of carbonyl (C=O) groups excluding carboxylic acids is 1. The lowest BCUT2D eigenvalue weighted by molar-refractivity contribution is -0.155. The summed E-state index contributed by atoms with van der Waals surface area (Å²) in [6, 6.07) is 4.87. The second-order valence-corrected chi connectivity index (χ2v) is 6.62. The van der Waals surface area contributed by atoms with Crippen molar-refractivity contribution in [3.05, 3.63) is 34.8 Å². The Morgan fingerprint density at radius 1 is 1.03 bits per heavy atom. The van der Waals surface area contributed by atoms with E-state index in [0.29, 0.717) is 8.89 Å². The molecule has 164 valence electrons. The number of alkyl halides is 6. The minimum atomic E-state index is -4.76. The van der Waals surface area contributed by atoms with E-state index in [1.165, 1.54) is 12.1 Å². The topological polar surface area (TPSA) is 76.6 Å². The van der Waals surface area contributed by atoms with E-state index in [4.69, 9.17) is 11.8 Å². The summed E-state index contributed by atoms with van der Waals surface area (Å²) in [4.78, 5) is 19.0. The molecule has 1 aromatic heterocycles. The maximum absolute atomic E-state index is 12.3. The van der Waals surface area contributed by atoms with Crippen molar-refractivity contribution in [3.8, 4) is 11.9 Å². The standard InChI is InChI=1S/C15H10BrClF6N4O3/c16-8-1-3-9(4-2-8)27(17)13(28)25-10-5-11(29-6-14(18,19)20)26-12(24-10)30-7-15(21,22)23/h1-5H,6-7H2,(H,24,25,26,28). The number of amides is 2. The van der Waals surface area contributed by atoms with Crippen LogP contribution in [-0.4, -0.2) is 41.6 Å². The van der Waals surface area contributed by atoms with Crippen LogP contribution in [0, 0.1) is 0 Å². The van der Waals surface area contributed by atoms with Gasteiger partial charge in [-0.15, -0.1) is 0 Å². The molecular weight excluding hydrogens is 514 g/mol. The minimum Gasteiger partial charge on any atom is -0.468 e. The largest absolute Gasteiger partial charge is 0.468 e. The molecule has 0 radical (unpaired) electrons. The van der Waals surface area contributed by atoms with Crippen LogP contribution in [0.1, 0.15) is 0 Å². The molecule has 0 aliphatic rings. The molecule has 0 bridgehead atoms. The van der Waals surface area contributed by atoms with Crippen molar-refractivity contribution in [2.45, 2.75) is 12.4 Å². The molecule has 2 amide bonds. The highest BCUT2D eigenvalue weighted by Crippen LogP contribution is 2.25. The van der Waals surface area contributed by atoms with Gasteiger partial charge in [0.15, 0.2) is 13.2 Å². The number of hydrogen-bond acceptors (Lipinski definition) is 5. The number of carbonyl (C=O) groups is 1. The average Bonchev–Trinajstić information content (AvgIpc) is 2.63. The van der Waals surface area contributed by atoms with Crippen LogP contribution in [0.4, 0.5) is 42.6 Å². The van der Waals surface area contributed by atoms with Crippen LogP contribution in [0.15, 0.2) is 34.8 Å². The molecule has 7 nitrogen and oxygen atoms in total. The molecule has 0 atom stereocenters. The van der Waals surface area contributed by atoms with Gasteiger partial charge in [0.05, 0.1) is 5.69 Å². The van der Waals surface area contributed by atoms with Crippen molar-refractivity contribution in [2.75, 3.05) is 22.9 Å². The summed E-state index contributed by atoms with van der Waals surface area (Å²) in [5.74, 6) is -1.29. The molecule has 0 spiro atoms. The molecule has 0 aliphatic carbocycles. The Bertz CT molecular complexity index is 846. The fourth-order valence-corrected chi connectivity index (χ4v) is 2.18. The molecule has 1 aromatic carbocycles. The smallest absolute Gasteiger partial charge is 0.422 e. The number of anilines is 2. The van der Waals surface area contributed by atoms with E-state index in [2.05, 4.69) is 40.7 Å². The lowest BCUT2D eigenvalue weighted by Crippen LogP contribution is -2.27. The highest BCUT2D eigenvalue weighted by molar-refractivity contribution is 9.10. The maximum Gasteiger partial charge on any atom is 0.422 e. The van der Waals surface area contributed by atoms with Gasteiger partial charge in [-0.1, -0.05) is 15.9 Å². The van der Waals surface area contributed by atoms with Crippen molar-refractivity contribution < 1.29 is 40.6 Å². The summed E-state index contributed by atoms with van der Waals surface area (Å²) in [5, 5.41) is 2.10. The van der Waals surface area contributed by atoms with Crippen molar-refractivity contribution >= 4 is 45.2 Å². The monoisotopic (exact) mass is 522 g/mol. The number of nitrogens with one attached hydrogen (secondary N) is 1. The third-order valence-electron chi connectivity index (χ3n) is 2.90. The lowest BCUT2D eigenvalue weighted by atomic mass is 10.3. The Labute approximate surface area is 178 Å². The van der Waals surface area contributed by atoms with Gasteiger partial charge in [0.25, 0.3) is 0 Å². The quantitative estimate of drug-likeness (QED) is 0.410. The van der Waals surface area contributed by atoms with E-state index in [1.54, 1.807) is 12.1 Å². The van der Waals surface area contributed by atoms with Crippen molar-refractivity contribution in [1.29, 1.82) is 0 Å². The summed E-state index contributed by atoms with van der Waals surface area (Å²) in [7, 11) is 0. The van der Waals surface area contributed by atoms with E-state index in [1.807, 2.05) is 0 Å². The molecule has 0 unspecified atom stereocenters. The molecule has 0 fully saturated rings. The van der Waals surface area contributed by atoms with E-state index >= 15 is 0 Å². The third-order valence-corrected chi connectivity index (χ3v) is 3.77. The normalized spacial score (nSPS) is 11.7. The molecule has 1 heterocycles. The van der Waals surface area contributed by atoms with Gasteiger partial charge in [-0.05, 0) is 24.3 Å². The van der Waals surface area contributed by atoms with E-state index < -0.39 is 49.3 Å². The second kappa shape index (κ2) is 9.55. The zero-order chi connectivity index (χ0) is 22.5. The number of nitrogens with zero attached hydrogens (tertiary/aromatic N) is 3. The van der Waals surface area contributed by atoms with Crippen molar-refractivity contribution in [1.82, 2.24) is 9.97 Å². The number of rotatable bonds is 6. The SMILES string of the molecule is O=C(Nc1cc(OCC(F)(F)F)nc(OCC(F)(F)F)n1)N(Cl)c1ccc(Br)cc1. The fraction of sp³-hybridized carbons (Fsp3) is 0.267. The number of benzene rings is 1. The Kier molecular flexibility index (Phi) is 7.58. The van der Waals surface area contributed by atoms with Crippen LogP contribution < -0.4 is 19.2 Å². The van der Waals surface area contributed by atoms with Gasteiger partial charge >= 0.3 is 24.4 Å². The molecule has 0 saturated heterocycles. The first-order valence-corrected chi connectivity index (χ1v) is 8.76. The van der Waals surface area contributed by atoms with Gasteiger partial charge < -0.3 is 9.47 Å². The molecule has 30 heavy (non-hydrogen) atoms. The summed E-state index contributed by atoms with van der Waals surface area (Å²) < 4.78 is 84.0. The van der Waals surface area contributed by atoms with E-state index in [-0.39, 0.29) is 5.69 Å². The number of halogens is 8. The van der Waals surface area contributed by atoms with Gasteiger partial charge in [-0.2, -0.15) is 36.3 Å². The first-order valence-electron chi connectivity index (χ1n) is 7.63. The third kappa shape index (κ3) is 8.10. The number of aromatic nitrogens is 2. The van der Waals surface area contributed by atoms with Crippen LogP contribution in [0.5, 0.6) is 11.9 Å². The van der Waals surface area contributed by atoms with Crippen LogP contribution in [0.2, 0.25) is 0 Å². The van der Waals surface area contributed by atoms with Crippen molar-refractivity contribution in [2.24, 2.45) is 0 Å². The summed E-state index contributed by atoms with van der Waals surface area (Å²) in [6.07, 6.45) is -9.50. The fourth-order valence-electron chi connectivity index (χ4n) is 1.76. The number of ether oxygens (including phenoxy) is 2. The van der Waals surface area contributed by atoms with Gasteiger partial charge in [0, 0.05) is 22.3 Å². The molecule has 15 heteroatoms. The highest BCUT2D eigenvalue weighted by Gasteiger charge is 2.30. The summed E-state index contributed by atoms with van der Waals surface area (Å²) >= 11 is 9.07. The molecule has 0 aliphatic heterocycles. The van der Waals surface area contributed by atoms with Gasteiger partial charge in [0.1, 0.15) is 5.82 Å². The highest BCUT2D eigenvalue weighted by atomic mass is 79.9. The Hall–Kier alpha value is -2.48. The minimum absolute atomic E-state index is 0.216. The molecule has 0 saturated carbocycles. The molecule has 2 aromatic rings. The van der Waals surface area contributed by atoms with Gasteiger partial charge in [-0.25, -0.2) is 9.21 Å². The first kappa shape index (κ1) is 23.8. The maximum atomic E-state index is 12.3. The van der Waals surface area contributed by atoms with Gasteiger partial charge in [-0.3, -0.25) is 5.32 Å². The Morgan fingerprint density at radius 2 is 1.60 bits per heavy atom. The first-order chi connectivity index (χ1) is 13.8. The second-order valence-electron chi connectivity index (χ2n) is 5.37. The predicted molar refractivity (Wildman–Crippen MR) is 96.6 cm³/mol. The molecule has 1 N–H and O–H groups in total. The zero-order valence-electron chi connectivity index (χ0n) is 14.4. The van der Waals surface area contributed by atoms with E-state index in [0.717, 1.165) is 6.07 Å². The molecular formula is C15H10BrClF6N4O3. The summed E-state index contributed by atoms with van der Waals surface area (Å²) in [5.41, 5.74) is 0.216.